The average molecular weight is 128 g/mol. The van der Waals surface area contributed by atoms with Crippen LogP contribution in [-0.2, 0) is 0 Å². The van der Waals surface area contributed by atoms with Crippen molar-refractivity contribution in [2.75, 3.05) is 19.0 Å². The minimum absolute atomic E-state index is 1.04. The quantitative estimate of drug-likeness (QED) is 0.565. The lowest BCUT2D eigenvalue weighted by atomic mass is 10.7. The van der Waals surface area contributed by atoms with Crippen molar-refractivity contribution in [2.24, 2.45) is 0 Å². The van der Waals surface area contributed by atoms with Crippen LogP contribution < -0.4 is 4.90 Å². The third-order valence-corrected chi connectivity index (χ3v) is 1.45. The van der Waals surface area contributed by atoms with Gasteiger partial charge < -0.3 is 4.90 Å². The highest BCUT2D eigenvalue weighted by Crippen LogP contribution is 2.08. The minimum atomic E-state index is 1.04. The maximum Gasteiger partial charge on any atom is 0.139 e. The minimum Gasteiger partial charge on any atom is -0.362 e. The summed E-state index contributed by atoms with van der Waals surface area (Å²) in [6.45, 7) is 0. The van der Waals surface area contributed by atoms with Crippen LogP contribution in [0.3, 0.4) is 0 Å². The molecule has 0 saturated heterocycles. The summed E-state index contributed by atoms with van der Waals surface area (Å²) in [4.78, 5) is 6.04. The lowest BCUT2D eigenvalue weighted by Gasteiger charge is -2.05. The van der Waals surface area contributed by atoms with Crippen LogP contribution in [0.15, 0.2) is 10.9 Å². The van der Waals surface area contributed by atoms with Crippen LogP contribution in [0.1, 0.15) is 0 Å². The van der Waals surface area contributed by atoms with Gasteiger partial charge in [-0.3, -0.25) is 0 Å². The van der Waals surface area contributed by atoms with E-state index in [2.05, 4.69) is 4.98 Å². The number of aromatic nitrogens is 1. The topological polar surface area (TPSA) is 16.1 Å². The van der Waals surface area contributed by atoms with Crippen LogP contribution in [0.4, 0.5) is 5.82 Å². The van der Waals surface area contributed by atoms with Crippen molar-refractivity contribution in [1.82, 2.24) is 4.98 Å². The molecule has 0 aliphatic rings. The van der Waals surface area contributed by atoms with E-state index in [4.69, 9.17) is 0 Å². The Kier molecular flexibility index (Phi) is 1.48. The largest absolute Gasteiger partial charge is 0.362 e. The fraction of sp³-hybridized carbons (Fsp3) is 0.400. The Hall–Kier alpha value is -0.570. The Balaban J connectivity index is 2.77. The number of hydrogen-bond donors (Lipinski definition) is 0. The molecule has 0 aliphatic heterocycles. The van der Waals surface area contributed by atoms with Crippen LogP contribution in [-0.4, -0.2) is 19.1 Å². The first-order chi connectivity index (χ1) is 3.80. The van der Waals surface area contributed by atoms with Gasteiger partial charge in [-0.05, 0) is 0 Å². The van der Waals surface area contributed by atoms with E-state index >= 15 is 0 Å². The molecular weight excluding hydrogens is 120 g/mol. The van der Waals surface area contributed by atoms with Gasteiger partial charge in [-0.15, -0.1) is 11.3 Å². The molecule has 3 heteroatoms. The fourth-order valence-electron chi connectivity index (χ4n) is 0.427. The van der Waals surface area contributed by atoms with Crippen molar-refractivity contribution in [3.63, 3.8) is 0 Å². The second kappa shape index (κ2) is 2.13. The molecule has 0 spiro atoms. The Morgan fingerprint density at radius 3 is 2.62 bits per heavy atom. The SMILES string of the molecule is CN(C)c1cscn1. The molecule has 0 fully saturated rings. The highest BCUT2D eigenvalue weighted by atomic mass is 32.1. The molecule has 0 atom stereocenters. The number of rotatable bonds is 1. The predicted octanol–water partition coefficient (Wildman–Crippen LogP) is 1.21. The molecule has 0 radical (unpaired) electrons. The first kappa shape index (κ1) is 5.56. The van der Waals surface area contributed by atoms with Crippen molar-refractivity contribution < 1.29 is 0 Å². The first-order valence-corrected chi connectivity index (χ1v) is 3.30. The Labute approximate surface area is 52.8 Å². The van der Waals surface area contributed by atoms with E-state index in [1.807, 2.05) is 29.9 Å². The van der Waals surface area contributed by atoms with Crippen molar-refractivity contribution in [2.45, 2.75) is 0 Å². The molecule has 0 N–H and O–H groups in total. The molecule has 1 heterocycles. The first-order valence-electron chi connectivity index (χ1n) is 2.36. The Morgan fingerprint density at radius 1 is 1.62 bits per heavy atom. The number of hydrogen-bond acceptors (Lipinski definition) is 3. The van der Waals surface area contributed by atoms with Crippen LogP contribution in [0.25, 0.3) is 0 Å². The van der Waals surface area contributed by atoms with Gasteiger partial charge >= 0.3 is 0 Å². The smallest absolute Gasteiger partial charge is 0.139 e. The maximum absolute atomic E-state index is 4.06. The summed E-state index contributed by atoms with van der Waals surface area (Å²) in [7, 11) is 3.96. The monoisotopic (exact) mass is 128 g/mol. The third-order valence-electron chi connectivity index (χ3n) is 0.877. The van der Waals surface area contributed by atoms with Crippen molar-refractivity contribution in [3.05, 3.63) is 10.9 Å². The summed E-state index contributed by atoms with van der Waals surface area (Å²) in [6.07, 6.45) is 0. The lowest BCUT2D eigenvalue weighted by molar-refractivity contribution is 1.09. The predicted molar refractivity (Wildman–Crippen MR) is 36.4 cm³/mol. The van der Waals surface area contributed by atoms with E-state index in [1.165, 1.54) is 0 Å². The van der Waals surface area contributed by atoms with Gasteiger partial charge in [0.25, 0.3) is 0 Å². The molecular formula is C5H8N2S. The molecule has 0 aliphatic carbocycles. The van der Waals surface area contributed by atoms with Crippen LogP contribution in [0, 0.1) is 0 Å². The second-order valence-corrected chi connectivity index (χ2v) is 2.46. The molecule has 0 unspecified atom stereocenters. The van der Waals surface area contributed by atoms with Gasteiger partial charge in [0.2, 0.25) is 0 Å². The Bertz CT molecular complexity index is 145. The van der Waals surface area contributed by atoms with E-state index < -0.39 is 0 Å². The summed E-state index contributed by atoms with van der Waals surface area (Å²) in [6, 6.07) is 0. The van der Waals surface area contributed by atoms with Gasteiger partial charge in [0.15, 0.2) is 0 Å². The zero-order chi connectivity index (χ0) is 5.98. The molecule has 0 bridgehead atoms. The molecule has 0 amide bonds. The van der Waals surface area contributed by atoms with Gasteiger partial charge in [0.05, 0.1) is 5.51 Å². The van der Waals surface area contributed by atoms with Gasteiger partial charge in [0.1, 0.15) is 5.82 Å². The maximum atomic E-state index is 4.06. The summed E-state index contributed by atoms with van der Waals surface area (Å²) < 4.78 is 0. The molecule has 8 heavy (non-hydrogen) atoms. The van der Waals surface area contributed by atoms with Crippen molar-refractivity contribution in [3.8, 4) is 0 Å². The highest BCUT2D eigenvalue weighted by molar-refractivity contribution is 7.07. The molecule has 1 rings (SSSR count). The van der Waals surface area contributed by atoms with E-state index in [9.17, 15) is 0 Å². The second-order valence-electron chi connectivity index (χ2n) is 1.74. The summed E-state index contributed by atoms with van der Waals surface area (Å²) in [5, 5.41) is 2.01. The fourth-order valence-corrected chi connectivity index (χ4v) is 1.05. The number of thiazole rings is 1. The molecule has 0 saturated carbocycles. The highest BCUT2D eigenvalue weighted by Gasteiger charge is 1.91. The molecule has 1 aromatic rings. The lowest BCUT2D eigenvalue weighted by Crippen LogP contribution is -2.08. The molecule has 2 nitrogen and oxygen atoms in total. The molecule has 0 aromatic carbocycles. The number of nitrogens with zero attached hydrogens (tertiary/aromatic N) is 2. The summed E-state index contributed by atoms with van der Waals surface area (Å²) in [5.41, 5.74) is 1.83. The standard InChI is InChI=1S/C5H8N2S/c1-7(2)5-3-8-4-6-5/h3-4H,1-2H3. The number of anilines is 1. The van der Waals surface area contributed by atoms with Crippen LogP contribution >= 0.6 is 11.3 Å². The van der Waals surface area contributed by atoms with Gasteiger partial charge in [0, 0.05) is 19.5 Å². The summed E-state index contributed by atoms with van der Waals surface area (Å²) >= 11 is 1.62. The van der Waals surface area contributed by atoms with Crippen LogP contribution in [0.2, 0.25) is 0 Å². The van der Waals surface area contributed by atoms with E-state index in [0.717, 1.165) is 5.82 Å². The van der Waals surface area contributed by atoms with Gasteiger partial charge in [-0.25, -0.2) is 4.98 Å². The third kappa shape index (κ3) is 0.980. The van der Waals surface area contributed by atoms with Crippen molar-refractivity contribution >= 4 is 17.2 Å². The summed E-state index contributed by atoms with van der Waals surface area (Å²) in [5.74, 6) is 1.04. The van der Waals surface area contributed by atoms with Crippen LogP contribution in [0.5, 0.6) is 0 Å². The zero-order valence-electron chi connectivity index (χ0n) is 4.96. The average Bonchev–Trinajstić information content (AvgIpc) is 2.12. The molecule has 1 aromatic heterocycles. The van der Waals surface area contributed by atoms with E-state index in [0.29, 0.717) is 0 Å². The van der Waals surface area contributed by atoms with Crippen molar-refractivity contribution in [1.29, 1.82) is 0 Å². The van der Waals surface area contributed by atoms with Gasteiger partial charge in [-0.1, -0.05) is 0 Å². The van der Waals surface area contributed by atoms with Gasteiger partial charge in [-0.2, -0.15) is 0 Å². The molecule has 44 valence electrons. The normalized spacial score (nSPS) is 9.25. The Morgan fingerprint density at radius 2 is 2.38 bits per heavy atom. The van der Waals surface area contributed by atoms with E-state index in [1.54, 1.807) is 11.3 Å². The van der Waals surface area contributed by atoms with E-state index in [-0.39, 0.29) is 0 Å². The zero-order valence-corrected chi connectivity index (χ0v) is 5.77.